The zero-order chi connectivity index (χ0) is 11.2. The number of nitrogens with zero attached hydrogens (tertiary/aromatic N) is 1. The highest BCUT2D eigenvalue weighted by atomic mass is 15.2. The van der Waals surface area contributed by atoms with Crippen LogP contribution >= 0.6 is 0 Å². The van der Waals surface area contributed by atoms with Gasteiger partial charge in [0.1, 0.15) is 0 Å². The van der Waals surface area contributed by atoms with Gasteiger partial charge in [-0.15, -0.1) is 0 Å². The number of hydrogen-bond acceptors (Lipinski definition) is 2. The van der Waals surface area contributed by atoms with Gasteiger partial charge in [0, 0.05) is 18.6 Å². The summed E-state index contributed by atoms with van der Waals surface area (Å²) in [7, 11) is 0. The zero-order valence-corrected chi connectivity index (χ0v) is 10.9. The van der Waals surface area contributed by atoms with Crippen molar-refractivity contribution in [2.24, 2.45) is 0 Å². The van der Waals surface area contributed by atoms with E-state index in [0.29, 0.717) is 0 Å². The monoisotopic (exact) mass is 224 g/mol. The lowest BCUT2D eigenvalue weighted by atomic mass is 9.91. The van der Waals surface area contributed by atoms with Gasteiger partial charge in [-0.3, -0.25) is 4.90 Å². The molecule has 1 saturated heterocycles. The van der Waals surface area contributed by atoms with Crippen molar-refractivity contribution in [3.05, 3.63) is 0 Å². The maximum atomic E-state index is 3.57. The Bertz CT molecular complexity index is 163. The van der Waals surface area contributed by atoms with Crippen molar-refractivity contribution >= 4 is 0 Å². The third-order valence-corrected chi connectivity index (χ3v) is 4.27. The minimum atomic E-state index is 0.830. The van der Waals surface area contributed by atoms with Crippen molar-refractivity contribution in [1.29, 1.82) is 0 Å². The van der Waals surface area contributed by atoms with Crippen LogP contribution in [0.25, 0.3) is 0 Å². The van der Waals surface area contributed by atoms with Crippen LogP contribution < -0.4 is 5.32 Å². The van der Waals surface area contributed by atoms with E-state index in [1.54, 1.807) is 0 Å². The highest BCUT2D eigenvalue weighted by Crippen LogP contribution is 2.26. The summed E-state index contributed by atoms with van der Waals surface area (Å²) in [5, 5.41) is 3.57. The van der Waals surface area contributed by atoms with Crippen LogP contribution in [0.15, 0.2) is 0 Å². The summed E-state index contributed by atoms with van der Waals surface area (Å²) >= 11 is 0. The van der Waals surface area contributed by atoms with Crippen molar-refractivity contribution < 1.29 is 0 Å². The van der Waals surface area contributed by atoms with Crippen LogP contribution in [-0.2, 0) is 0 Å². The second-order valence-electron chi connectivity index (χ2n) is 5.53. The van der Waals surface area contributed by atoms with E-state index in [1.165, 1.54) is 71.0 Å². The predicted molar refractivity (Wildman–Crippen MR) is 69.8 cm³/mol. The Balaban J connectivity index is 1.91. The minimum absolute atomic E-state index is 0.830. The first-order valence-corrected chi connectivity index (χ1v) is 7.38. The molecule has 2 fully saturated rings. The molecule has 2 nitrogen and oxygen atoms in total. The van der Waals surface area contributed by atoms with Crippen molar-refractivity contribution in [2.75, 3.05) is 19.6 Å². The maximum Gasteiger partial charge on any atom is 0.0224 e. The lowest BCUT2D eigenvalue weighted by molar-refractivity contribution is 0.0878. The van der Waals surface area contributed by atoms with Gasteiger partial charge >= 0.3 is 0 Å². The highest BCUT2D eigenvalue weighted by Gasteiger charge is 2.27. The van der Waals surface area contributed by atoms with E-state index in [9.17, 15) is 0 Å². The van der Waals surface area contributed by atoms with Gasteiger partial charge in [0.05, 0.1) is 0 Å². The Labute approximate surface area is 101 Å². The molecule has 0 aromatic carbocycles. The third-order valence-electron chi connectivity index (χ3n) is 4.27. The van der Waals surface area contributed by atoms with Crippen LogP contribution in [0.1, 0.15) is 58.3 Å². The van der Waals surface area contributed by atoms with Gasteiger partial charge in [0.2, 0.25) is 0 Å². The minimum Gasteiger partial charge on any atom is -0.315 e. The van der Waals surface area contributed by atoms with Crippen molar-refractivity contribution in [2.45, 2.75) is 70.4 Å². The second-order valence-corrected chi connectivity index (χ2v) is 5.53. The largest absolute Gasteiger partial charge is 0.315 e. The molecule has 2 aliphatic rings. The normalized spacial score (nSPS) is 28.5. The van der Waals surface area contributed by atoms with Crippen molar-refractivity contribution in [3.8, 4) is 0 Å². The van der Waals surface area contributed by atoms with Crippen LogP contribution in [0, 0.1) is 0 Å². The fourth-order valence-electron chi connectivity index (χ4n) is 3.45. The molecule has 1 heterocycles. The smallest absolute Gasteiger partial charge is 0.0224 e. The van der Waals surface area contributed by atoms with Crippen LogP contribution in [0.5, 0.6) is 0 Å². The van der Waals surface area contributed by atoms with Gasteiger partial charge in [0.15, 0.2) is 0 Å². The average molecular weight is 224 g/mol. The van der Waals surface area contributed by atoms with Gasteiger partial charge in [-0.25, -0.2) is 0 Å². The van der Waals surface area contributed by atoms with Crippen LogP contribution in [0.4, 0.5) is 0 Å². The van der Waals surface area contributed by atoms with Crippen molar-refractivity contribution in [1.82, 2.24) is 10.2 Å². The van der Waals surface area contributed by atoms with E-state index in [-0.39, 0.29) is 0 Å². The molecule has 16 heavy (non-hydrogen) atoms. The number of rotatable bonds is 4. The van der Waals surface area contributed by atoms with Crippen LogP contribution in [-0.4, -0.2) is 36.6 Å². The molecule has 1 aliphatic carbocycles. The summed E-state index contributed by atoms with van der Waals surface area (Å²) < 4.78 is 0. The molecule has 0 amide bonds. The van der Waals surface area contributed by atoms with Gasteiger partial charge < -0.3 is 5.32 Å². The molecule has 1 saturated carbocycles. The van der Waals surface area contributed by atoms with E-state index < -0.39 is 0 Å². The molecular formula is C14H28N2. The lowest BCUT2D eigenvalue weighted by Crippen LogP contribution is -2.51. The number of piperidine rings is 1. The SMILES string of the molecule is CCCN(C1CCCCC1)C1CCCNC1. The van der Waals surface area contributed by atoms with E-state index in [1.807, 2.05) is 0 Å². The summed E-state index contributed by atoms with van der Waals surface area (Å²) in [5.41, 5.74) is 0. The topological polar surface area (TPSA) is 15.3 Å². The summed E-state index contributed by atoms with van der Waals surface area (Å²) in [4.78, 5) is 2.84. The molecule has 94 valence electrons. The van der Waals surface area contributed by atoms with E-state index in [0.717, 1.165) is 12.1 Å². The lowest BCUT2D eigenvalue weighted by Gasteiger charge is -2.41. The Morgan fingerprint density at radius 3 is 2.38 bits per heavy atom. The van der Waals surface area contributed by atoms with Gasteiger partial charge in [-0.05, 0) is 45.2 Å². The molecule has 0 radical (unpaired) electrons. The van der Waals surface area contributed by atoms with Gasteiger partial charge in [-0.1, -0.05) is 26.2 Å². The van der Waals surface area contributed by atoms with Crippen molar-refractivity contribution in [3.63, 3.8) is 0 Å². The molecule has 0 aromatic heterocycles. The van der Waals surface area contributed by atoms with Gasteiger partial charge in [-0.2, -0.15) is 0 Å². The molecule has 0 bridgehead atoms. The Hall–Kier alpha value is -0.0800. The summed E-state index contributed by atoms with van der Waals surface area (Å²) in [5.74, 6) is 0. The summed E-state index contributed by atoms with van der Waals surface area (Å²) in [6.07, 6.45) is 11.4. The number of hydrogen-bond donors (Lipinski definition) is 1. The molecule has 2 rings (SSSR count). The van der Waals surface area contributed by atoms with E-state index in [4.69, 9.17) is 0 Å². The Morgan fingerprint density at radius 1 is 1.00 bits per heavy atom. The summed E-state index contributed by atoms with van der Waals surface area (Å²) in [6.45, 7) is 6.11. The highest BCUT2D eigenvalue weighted by molar-refractivity contribution is 4.84. The Morgan fingerprint density at radius 2 is 1.75 bits per heavy atom. The Kier molecular flexibility index (Phi) is 5.11. The van der Waals surface area contributed by atoms with E-state index in [2.05, 4.69) is 17.1 Å². The quantitative estimate of drug-likeness (QED) is 0.790. The first-order chi connectivity index (χ1) is 7.92. The molecule has 1 atom stereocenters. The van der Waals surface area contributed by atoms with Gasteiger partial charge in [0.25, 0.3) is 0 Å². The summed E-state index contributed by atoms with van der Waals surface area (Å²) in [6, 6.07) is 1.73. The molecule has 0 aromatic rings. The average Bonchev–Trinajstić information content (AvgIpc) is 2.38. The standard InChI is InChI=1S/C14H28N2/c1-2-11-16(13-7-4-3-5-8-13)14-9-6-10-15-12-14/h13-15H,2-12H2,1H3. The number of nitrogens with one attached hydrogen (secondary N) is 1. The van der Waals surface area contributed by atoms with Crippen LogP contribution in [0.3, 0.4) is 0 Å². The van der Waals surface area contributed by atoms with Crippen LogP contribution in [0.2, 0.25) is 0 Å². The molecule has 2 heteroatoms. The molecule has 1 N–H and O–H groups in total. The molecule has 1 aliphatic heterocycles. The predicted octanol–water partition coefficient (Wildman–Crippen LogP) is 2.78. The fourth-order valence-corrected chi connectivity index (χ4v) is 3.45. The first kappa shape index (κ1) is 12.4. The maximum absolute atomic E-state index is 3.57. The molecule has 0 spiro atoms. The first-order valence-electron chi connectivity index (χ1n) is 7.38. The molecular weight excluding hydrogens is 196 g/mol. The zero-order valence-electron chi connectivity index (χ0n) is 10.9. The molecule has 1 unspecified atom stereocenters. The third kappa shape index (κ3) is 3.21. The van der Waals surface area contributed by atoms with E-state index >= 15 is 0 Å². The fraction of sp³-hybridized carbons (Fsp3) is 1.00. The second kappa shape index (κ2) is 6.61.